The van der Waals surface area contributed by atoms with Crippen LogP contribution in [0.4, 0.5) is 13.2 Å². The molecule has 0 aliphatic rings. The zero-order valence-electron chi connectivity index (χ0n) is 5.65. The van der Waals surface area contributed by atoms with E-state index in [0.717, 1.165) is 0 Å². The average molecular weight is 244 g/mol. The molecular formula is C2H4F3O6PS. The molecule has 0 fully saturated rings. The Morgan fingerprint density at radius 2 is 1.85 bits per heavy atom. The predicted octanol–water partition coefficient (Wildman–Crippen LogP) is -0.184. The summed E-state index contributed by atoms with van der Waals surface area (Å²) in [4.78, 5) is 7.95. The van der Waals surface area contributed by atoms with Gasteiger partial charge in [-0.1, -0.05) is 0 Å². The van der Waals surface area contributed by atoms with Crippen LogP contribution in [0.15, 0.2) is 0 Å². The molecule has 0 saturated heterocycles. The molecule has 2 atom stereocenters. The lowest BCUT2D eigenvalue weighted by Crippen LogP contribution is -2.32. The minimum atomic E-state index is -5.18. The van der Waals surface area contributed by atoms with E-state index in [1.165, 1.54) is 0 Å². The molecule has 0 spiro atoms. The molecule has 0 rings (SSSR count). The van der Waals surface area contributed by atoms with Crippen LogP contribution in [0.25, 0.3) is 0 Å². The van der Waals surface area contributed by atoms with Gasteiger partial charge in [-0.2, -0.15) is 13.2 Å². The van der Waals surface area contributed by atoms with Crippen LogP contribution in [-0.2, 0) is 24.3 Å². The molecule has 1 N–H and O–H groups in total. The summed E-state index contributed by atoms with van der Waals surface area (Å²) in [5, 5.41) is 0. The van der Waals surface area contributed by atoms with Gasteiger partial charge in [-0.25, -0.2) is 12.6 Å². The van der Waals surface area contributed by atoms with Gasteiger partial charge in [0.2, 0.25) is 0 Å². The zero-order chi connectivity index (χ0) is 10.6. The second-order valence-electron chi connectivity index (χ2n) is 1.59. The van der Waals surface area contributed by atoms with Gasteiger partial charge in [0.25, 0.3) is 17.3 Å². The Labute approximate surface area is 72.4 Å². The Hall–Kier alpha value is -0.150. The van der Waals surface area contributed by atoms with Crippen molar-refractivity contribution in [2.24, 2.45) is 0 Å². The van der Waals surface area contributed by atoms with E-state index < -0.39 is 31.7 Å². The number of alkyl halides is 3. The van der Waals surface area contributed by atoms with E-state index in [1.54, 1.807) is 0 Å². The van der Waals surface area contributed by atoms with E-state index in [0.29, 0.717) is 0 Å². The van der Waals surface area contributed by atoms with Crippen LogP contribution in [0, 0.1) is 0 Å². The second kappa shape index (κ2) is 4.91. The fraction of sp³-hybridized carbons (Fsp3) is 1.00. The fourth-order valence-electron chi connectivity index (χ4n) is 0.318. The highest BCUT2D eigenvalue weighted by molar-refractivity contribution is 7.67. The first kappa shape index (κ1) is 12.8. The van der Waals surface area contributed by atoms with E-state index in [1.807, 2.05) is 0 Å². The van der Waals surface area contributed by atoms with E-state index in [-0.39, 0.29) is 0 Å². The van der Waals surface area contributed by atoms with Crippen molar-refractivity contribution >= 4 is 19.2 Å². The highest BCUT2D eigenvalue weighted by Crippen LogP contribution is 2.30. The number of halogens is 3. The molecule has 0 aliphatic carbocycles. The fourth-order valence-corrected chi connectivity index (χ4v) is 1.08. The molecule has 0 radical (unpaired) electrons. The average Bonchev–Trinajstić information content (AvgIpc) is 1.81. The molecule has 0 aromatic carbocycles. The maximum Gasteiger partial charge on any atom is 0.441 e. The predicted molar refractivity (Wildman–Crippen MR) is 33.5 cm³/mol. The molecule has 2 unspecified atom stereocenters. The van der Waals surface area contributed by atoms with Crippen molar-refractivity contribution in [2.75, 3.05) is 0 Å². The van der Waals surface area contributed by atoms with Crippen LogP contribution < -0.4 is 0 Å². The molecular weight excluding hydrogens is 240 g/mol. The molecule has 80 valence electrons. The van der Waals surface area contributed by atoms with Gasteiger partial charge in [0.15, 0.2) is 0 Å². The van der Waals surface area contributed by atoms with E-state index in [4.69, 9.17) is 4.89 Å². The Balaban J connectivity index is 4.46. The third-order valence-electron chi connectivity index (χ3n) is 0.657. The number of thiol groups is 1. The number of hydrogen-bond donors (Lipinski definition) is 2. The molecule has 0 saturated carbocycles. The first-order valence-electron chi connectivity index (χ1n) is 2.51. The summed E-state index contributed by atoms with van der Waals surface area (Å²) in [7, 11) is -7.74. The molecule has 0 heterocycles. The van der Waals surface area contributed by atoms with Crippen LogP contribution in [-0.4, -0.2) is 25.8 Å². The third kappa shape index (κ3) is 5.99. The normalized spacial score (nSPS) is 17.3. The molecule has 0 aromatic rings. The van der Waals surface area contributed by atoms with Gasteiger partial charge >= 0.3 is 14.4 Å². The Morgan fingerprint density at radius 3 is 2.08 bits per heavy atom. The molecule has 13 heavy (non-hydrogen) atoms. The Kier molecular flexibility index (Phi) is 4.86. The second-order valence-corrected chi connectivity index (χ2v) is 3.01. The standard InChI is InChI=1S/C2H4F3O6PS/c3-2(4,5)1(10-12(6)7)11-13(8)9/h1,12-13H,(H,6,7). The van der Waals surface area contributed by atoms with Crippen molar-refractivity contribution in [3.63, 3.8) is 0 Å². The molecule has 0 amide bonds. The SMILES string of the molecule is O=[PH](O)OC(O[SH](=O)=O)C(F)(F)F. The van der Waals surface area contributed by atoms with Crippen LogP contribution in [0.3, 0.4) is 0 Å². The summed E-state index contributed by atoms with van der Waals surface area (Å²) in [6, 6.07) is 0. The van der Waals surface area contributed by atoms with Gasteiger partial charge in [0.05, 0.1) is 0 Å². The maximum atomic E-state index is 11.7. The van der Waals surface area contributed by atoms with Gasteiger partial charge in [0, 0.05) is 0 Å². The maximum absolute atomic E-state index is 11.7. The first-order valence-corrected chi connectivity index (χ1v) is 4.87. The zero-order valence-corrected chi connectivity index (χ0v) is 7.54. The quantitative estimate of drug-likeness (QED) is 0.405. The molecule has 0 aromatic heterocycles. The summed E-state index contributed by atoms with van der Waals surface area (Å²) in [6.07, 6.45) is -8.41. The lowest BCUT2D eigenvalue weighted by molar-refractivity contribution is -0.252. The first-order chi connectivity index (χ1) is 5.73. The topological polar surface area (TPSA) is 89.9 Å². The smallest absolute Gasteiger partial charge is 0.326 e. The van der Waals surface area contributed by atoms with Crippen LogP contribution in [0.5, 0.6) is 0 Å². The minimum absolute atomic E-state index is 3.20. The van der Waals surface area contributed by atoms with E-state index in [9.17, 15) is 26.2 Å². The minimum Gasteiger partial charge on any atom is -0.326 e. The molecule has 11 heteroatoms. The molecule has 0 bridgehead atoms. The van der Waals surface area contributed by atoms with Crippen LogP contribution in [0.2, 0.25) is 0 Å². The van der Waals surface area contributed by atoms with Gasteiger partial charge in [0.1, 0.15) is 0 Å². The largest absolute Gasteiger partial charge is 0.441 e. The Bertz CT molecular complexity index is 251. The van der Waals surface area contributed by atoms with Gasteiger partial charge < -0.3 is 4.89 Å². The van der Waals surface area contributed by atoms with Crippen molar-refractivity contribution in [1.82, 2.24) is 0 Å². The summed E-state index contributed by atoms with van der Waals surface area (Å²) >= 11 is 0. The van der Waals surface area contributed by atoms with E-state index >= 15 is 0 Å². The van der Waals surface area contributed by atoms with Gasteiger partial charge in [-0.15, -0.1) is 0 Å². The lowest BCUT2D eigenvalue weighted by Gasteiger charge is -2.15. The lowest BCUT2D eigenvalue weighted by atomic mass is 10.6. The van der Waals surface area contributed by atoms with Gasteiger partial charge in [-0.3, -0.25) is 9.09 Å². The highest BCUT2D eigenvalue weighted by Gasteiger charge is 2.44. The van der Waals surface area contributed by atoms with E-state index in [2.05, 4.69) is 8.71 Å². The summed E-state index contributed by atoms with van der Waals surface area (Å²) in [5.41, 5.74) is 0. The van der Waals surface area contributed by atoms with Gasteiger partial charge in [-0.05, 0) is 0 Å². The summed E-state index contributed by atoms with van der Waals surface area (Å²) in [5.74, 6) is 0. The van der Waals surface area contributed by atoms with Crippen molar-refractivity contribution in [3.05, 3.63) is 0 Å². The van der Waals surface area contributed by atoms with Crippen molar-refractivity contribution in [3.8, 4) is 0 Å². The van der Waals surface area contributed by atoms with Crippen molar-refractivity contribution in [1.29, 1.82) is 0 Å². The van der Waals surface area contributed by atoms with Crippen molar-refractivity contribution in [2.45, 2.75) is 12.5 Å². The van der Waals surface area contributed by atoms with Crippen LogP contribution >= 0.6 is 8.25 Å². The number of hydrogen-bond acceptors (Lipinski definition) is 5. The molecule has 0 aliphatic heterocycles. The highest BCUT2D eigenvalue weighted by atomic mass is 32.2. The summed E-state index contributed by atoms with van der Waals surface area (Å²) in [6.45, 7) is 0. The monoisotopic (exact) mass is 244 g/mol. The van der Waals surface area contributed by atoms with Crippen molar-refractivity contribution < 1.29 is 39.8 Å². The van der Waals surface area contributed by atoms with Crippen LogP contribution in [0.1, 0.15) is 0 Å². The molecule has 6 nitrogen and oxygen atoms in total. The Morgan fingerprint density at radius 1 is 1.38 bits per heavy atom. The third-order valence-corrected chi connectivity index (χ3v) is 1.44. The summed E-state index contributed by atoms with van der Waals surface area (Å²) < 4.78 is 70.8. The number of rotatable bonds is 4.